The molecule has 0 spiro atoms. The van der Waals surface area contributed by atoms with Crippen molar-refractivity contribution < 1.29 is 118 Å². The van der Waals surface area contributed by atoms with Crippen LogP contribution < -0.4 is 10.5 Å². The molecule has 2 saturated heterocycles. The summed E-state index contributed by atoms with van der Waals surface area (Å²) >= 11 is 0. The number of hydrogen-bond donors (Lipinski definition) is 9. The van der Waals surface area contributed by atoms with E-state index in [-0.39, 0.29) is 33.0 Å². The third-order valence-corrected chi connectivity index (χ3v) is 8.31. The van der Waals surface area contributed by atoms with E-state index in [9.17, 15) is 67.4 Å². The topological polar surface area (TPSA) is 426 Å². The van der Waals surface area contributed by atoms with Crippen LogP contribution in [0.25, 0.3) is 0 Å². The highest BCUT2D eigenvalue weighted by atomic mass is 32.3. The summed E-state index contributed by atoms with van der Waals surface area (Å²) in [6, 6.07) is -2.58. The summed E-state index contributed by atoms with van der Waals surface area (Å²) in [5, 5.41) is 31.5. The van der Waals surface area contributed by atoms with Crippen LogP contribution in [0.1, 0.15) is 0 Å². The first-order chi connectivity index (χ1) is 23.9. The van der Waals surface area contributed by atoms with Crippen molar-refractivity contribution >= 4 is 47.5 Å². The minimum absolute atomic E-state index is 0.000414. The fourth-order valence-electron chi connectivity index (χ4n) is 4.43. The maximum Gasteiger partial charge on any atom is 0.397 e. The van der Waals surface area contributed by atoms with Crippen molar-refractivity contribution in [3.05, 3.63) is 0 Å². The van der Waals surface area contributed by atoms with Crippen molar-refractivity contribution in [2.24, 2.45) is 5.73 Å². The number of nitrogens with two attached hydrogens (primary N) is 1. The second-order valence-electron chi connectivity index (χ2n) is 10.2. The Morgan fingerprint density at radius 2 is 1.19 bits per heavy atom. The molecule has 0 radical (unpaired) electrons. The van der Waals surface area contributed by atoms with Gasteiger partial charge in [0, 0.05) is 6.54 Å². The van der Waals surface area contributed by atoms with Crippen molar-refractivity contribution in [2.75, 3.05) is 59.4 Å². The van der Waals surface area contributed by atoms with E-state index in [1.165, 1.54) is 4.72 Å². The molecule has 0 unspecified atom stereocenters. The van der Waals surface area contributed by atoms with Crippen molar-refractivity contribution in [1.82, 2.24) is 4.72 Å². The van der Waals surface area contributed by atoms with Gasteiger partial charge in [0.15, 0.2) is 24.8 Å². The summed E-state index contributed by atoms with van der Waals surface area (Å²) in [7, 11) is -22.1. The van der Waals surface area contributed by atoms with Gasteiger partial charge in [0.2, 0.25) is 0 Å². The number of carbonyl (C=O) groups is 1. The number of aliphatic hydroxyl groups excluding tert-OH is 2. The largest absolute Gasteiger partial charge is 0.479 e. The molecule has 2 aliphatic heterocycles. The van der Waals surface area contributed by atoms with Crippen LogP contribution in [0.2, 0.25) is 0 Å². The number of ether oxygens (including phenoxy) is 7. The first kappa shape index (κ1) is 46.7. The number of nitrogens with one attached hydrogen (secondary N) is 1. The van der Waals surface area contributed by atoms with Crippen LogP contribution in [0.5, 0.6) is 0 Å². The molecule has 2 aliphatic rings. The van der Waals surface area contributed by atoms with Gasteiger partial charge >= 0.3 is 47.5 Å². The average molecular weight is 851 g/mol. The van der Waals surface area contributed by atoms with Gasteiger partial charge < -0.3 is 54.2 Å². The van der Waals surface area contributed by atoms with Crippen LogP contribution in [-0.4, -0.2) is 194 Å². The normalized spacial score (nSPS) is 30.7. The monoisotopic (exact) mass is 850 g/mol. The molecule has 2 heterocycles. The summed E-state index contributed by atoms with van der Waals surface area (Å²) in [6.07, 6.45) is -22.3. The number of aliphatic hydroxyl groups is 2. The molecule has 308 valence electrons. The third-order valence-electron chi connectivity index (χ3n) is 6.38. The Hall–Kier alpha value is -1.45. The SMILES string of the molecule is NCCOCCOCCOCCO[C@@H]1O[C@@H](C(=O)O)[C@@H](O[C@H]2O[C@H](COS(=O)(=O)O)[C@@H](O)[C@H](OS(=O)(=O)O)[C@H]2NS(=O)(=O)O)[C@H](O)[C@H]1OS(=O)(=O)O. The standard InChI is InChI=1S/C20H38N2O26S4/c21-1-2-39-3-4-40-5-6-41-7-8-42-20-16(48-52(36,37)38)13(24)15(17(46-20)18(25)26)45-19-11(22-49(27,28)29)14(47-51(33,34)35)12(23)10(44-19)9-43-50(30,31)32/h10-17,19-20,22-24H,1-9,21H2,(H,25,26)(H,27,28,29)(H,30,31,32)(H,33,34,35)(H,36,37,38)/t10-,11-,12-,13+,14-,15+,16-,17-,19-,20-/m1/s1. The molecule has 10 atom stereocenters. The highest BCUT2D eigenvalue weighted by Crippen LogP contribution is 2.33. The lowest BCUT2D eigenvalue weighted by Gasteiger charge is -2.47. The Kier molecular flexibility index (Phi) is 18.4. The fourth-order valence-corrected chi connectivity index (χ4v) is 6.33. The zero-order valence-corrected chi connectivity index (χ0v) is 29.5. The highest BCUT2D eigenvalue weighted by Gasteiger charge is 2.56. The van der Waals surface area contributed by atoms with E-state index in [1.807, 2.05) is 0 Å². The van der Waals surface area contributed by atoms with Crippen molar-refractivity contribution in [3.8, 4) is 0 Å². The second-order valence-corrected chi connectivity index (χ2v) is 14.6. The summed E-state index contributed by atoms with van der Waals surface area (Å²) in [5.74, 6) is -2.01. The molecule has 0 aromatic rings. The van der Waals surface area contributed by atoms with Gasteiger partial charge in [-0.15, -0.1) is 0 Å². The summed E-state index contributed by atoms with van der Waals surface area (Å²) < 4.78 is 180. The van der Waals surface area contributed by atoms with Crippen LogP contribution in [0.3, 0.4) is 0 Å². The maximum absolute atomic E-state index is 12.2. The molecule has 0 aromatic heterocycles. The van der Waals surface area contributed by atoms with Crippen molar-refractivity contribution in [3.63, 3.8) is 0 Å². The first-order valence-electron chi connectivity index (χ1n) is 14.2. The molecule has 32 heteroatoms. The van der Waals surface area contributed by atoms with Crippen LogP contribution in [0.4, 0.5) is 0 Å². The van der Waals surface area contributed by atoms with E-state index in [2.05, 4.69) is 12.5 Å². The summed E-state index contributed by atoms with van der Waals surface area (Å²) in [5.41, 5.74) is 5.28. The minimum Gasteiger partial charge on any atom is -0.479 e. The molecular weight excluding hydrogens is 812 g/mol. The summed E-state index contributed by atoms with van der Waals surface area (Å²) in [6.45, 7) is -1.000. The molecule has 52 heavy (non-hydrogen) atoms. The number of carboxylic acids is 1. The van der Waals surface area contributed by atoms with E-state index in [0.29, 0.717) is 13.2 Å². The van der Waals surface area contributed by atoms with Crippen molar-refractivity contribution in [2.45, 2.75) is 61.3 Å². The Bertz CT molecular complexity index is 1560. The Morgan fingerprint density at radius 3 is 1.67 bits per heavy atom. The smallest absolute Gasteiger partial charge is 0.397 e. The minimum atomic E-state index is -5.68. The van der Waals surface area contributed by atoms with E-state index in [0.717, 1.165) is 0 Å². The lowest BCUT2D eigenvalue weighted by molar-refractivity contribution is -0.336. The predicted molar refractivity (Wildman–Crippen MR) is 158 cm³/mol. The van der Waals surface area contributed by atoms with Gasteiger partial charge in [-0.05, 0) is 0 Å². The molecular formula is C20H38N2O26S4. The Labute approximate surface area is 296 Å². The van der Waals surface area contributed by atoms with Crippen LogP contribution in [-0.2, 0) is 92.0 Å². The van der Waals surface area contributed by atoms with Crippen LogP contribution in [0, 0.1) is 0 Å². The van der Waals surface area contributed by atoms with E-state index in [4.69, 9.17) is 43.4 Å². The van der Waals surface area contributed by atoms with Crippen LogP contribution in [0.15, 0.2) is 0 Å². The quantitative estimate of drug-likeness (QED) is 0.0322. The maximum atomic E-state index is 12.2. The number of carboxylic acid groups (broad SMARTS) is 1. The van der Waals surface area contributed by atoms with E-state index in [1.54, 1.807) is 0 Å². The lowest BCUT2D eigenvalue weighted by atomic mass is 9.96. The molecule has 0 aliphatic carbocycles. The van der Waals surface area contributed by atoms with E-state index >= 15 is 0 Å². The molecule has 0 bridgehead atoms. The molecule has 28 nitrogen and oxygen atoms in total. The molecule has 2 rings (SSSR count). The molecule has 0 saturated carbocycles. The molecule has 0 amide bonds. The number of rotatable bonds is 24. The second kappa shape index (κ2) is 20.5. The summed E-state index contributed by atoms with van der Waals surface area (Å²) in [4.78, 5) is 12.2. The first-order valence-corrected chi connectivity index (χ1v) is 19.7. The average Bonchev–Trinajstić information content (AvgIpc) is 2.98. The zero-order valence-electron chi connectivity index (χ0n) is 26.2. The van der Waals surface area contributed by atoms with Gasteiger partial charge in [0.25, 0.3) is 0 Å². The van der Waals surface area contributed by atoms with Crippen molar-refractivity contribution in [1.29, 1.82) is 0 Å². The Balaban J connectivity index is 2.35. The number of aliphatic carboxylic acids is 1. The van der Waals surface area contributed by atoms with Gasteiger partial charge in [-0.1, -0.05) is 0 Å². The van der Waals surface area contributed by atoms with Gasteiger partial charge in [0.1, 0.15) is 36.6 Å². The molecule has 0 aromatic carbocycles. The fraction of sp³-hybridized carbons (Fsp3) is 0.950. The molecule has 2 fully saturated rings. The highest BCUT2D eigenvalue weighted by molar-refractivity contribution is 7.83. The number of hydrogen-bond acceptors (Lipinski definition) is 22. The van der Waals surface area contributed by atoms with Crippen LogP contribution >= 0.6 is 0 Å². The zero-order chi connectivity index (χ0) is 39.5. The van der Waals surface area contributed by atoms with Gasteiger partial charge in [-0.25, -0.2) is 17.3 Å². The molecule has 10 N–H and O–H groups in total. The lowest BCUT2D eigenvalue weighted by Crippen LogP contribution is -2.69. The Morgan fingerprint density at radius 1 is 0.673 bits per heavy atom. The van der Waals surface area contributed by atoms with Gasteiger partial charge in [0.05, 0.1) is 52.9 Å². The predicted octanol–water partition coefficient (Wildman–Crippen LogP) is -6.39. The van der Waals surface area contributed by atoms with Gasteiger partial charge in [-0.2, -0.15) is 38.4 Å². The van der Waals surface area contributed by atoms with Gasteiger partial charge in [-0.3, -0.25) is 18.2 Å². The van der Waals surface area contributed by atoms with E-state index < -0.39 is 122 Å². The third kappa shape index (κ3) is 16.9.